The number of benzene rings is 1. The van der Waals surface area contributed by atoms with Gasteiger partial charge in [0.2, 0.25) is 0 Å². The van der Waals surface area contributed by atoms with Gasteiger partial charge >= 0.3 is 0 Å². The van der Waals surface area contributed by atoms with Crippen molar-refractivity contribution in [1.29, 1.82) is 0 Å². The monoisotopic (exact) mass is 348 g/mol. The molecule has 0 atom stereocenters. The van der Waals surface area contributed by atoms with E-state index < -0.39 is 0 Å². The summed E-state index contributed by atoms with van der Waals surface area (Å²) in [5.41, 5.74) is 1.92. The molecule has 7 heteroatoms. The molecule has 0 aliphatic heterocycles. The molecule has 0 fully saturated rings. The molecule has 0 radical (unpaired) electrons. The Morgan fingerprint density at radius 1 is 1.21 bits per heavy atom. The lowest BCUT2D eigenvalue weighted by molar-refractivity contribution is 0.355. The second-order valence-electron chi connectivity index (χ2n) is 5.13. The number of methoxy groups -OCH3 is 2. The average molecular weight is 348 g/mol. The molecule has 0 amide bonds. The first-order valence-electron chi connectivity index (χ1n) is 7.77. The van der Waals surface area contributed by atoms with Crippen molar-refractivity contribution in [3.05, 3.63) is 33.8 Å². The minimum Gasteiger partial charge on any atom is -0.493 e. The molecule has 6 nitrogen and oxygen atoms in total. The van der Waals surface area contributed by atoms with Gasteiger partial charge in [-0.2, -0.15) is 0 Å². The number of aliphatic imine (C=N–C) groups is 1. The Kier molecular flexibility index (Phi) is 6.43. The molecule has 24 heavy (non-hydrogen) atoms. The standard InChI is InChI=1S/C17H24N4O2S/c1-6-18-17(19-10-16-11(2)20-12(3)24-16)21-13-7-8-14(22-4)15(9-13)23-5/h7-9H,6,10H2,1-5H3,(H2,18,19,21). The van der Waals surface area contributed by atoms with Gasteiger partial charge in [-0.05, 0) is 32.9 Å². The van der Waals surface area contributed by atoms with Gasteiger partial charge in [-0.3, -0.25) is 0 Å². The van der Waals surface area contributed by atoms with Crippen LogP contribution in [-0.4, -0.2) is 31.7 Å². The third-order valence-corrected chi connectivity index (χ3v) is 4.43. The molecule has 0 saturated heterocycles. The van der Waals surface area contributed by atoms with Gasteiger partial charge in [0, 0.05) is 23.2 Å². The van der Waals surface area contributed by atoms with E-state index in [-0.39, 0.29) is 0 Å². The van der Waals surface area contributed by atoms with Gasteiger partial charge in [-0.25, -0.2) is 9.98 Å². The molecule has 1 aromatic carbocycles. The zero-order valence-corrected chi connectivity index (χ0v) is 15.6. The molecule has 1 heterocycles. The first-order valence-corrected chi connectivity index (χ1v) is 8.59. The topological polar surface area (TPSA) is 67.8 Å². The van der Waals surface area contributed by atoms with Crippen LogP contribution in [0.2, 0.25) is 0 Å². The van der Waals surface area contributed by atoms with Gasteiger partial charge < -0.3 is 20.1 Å². The summed E-state index contributed by atoms with van der Waals surface area (Å²) in [7, 11) is 3.24. The number of hydrogen-bond acceptors (Lipinski definition) is 5. The predicted octanol–water partition coefficient (Wildman–Crippen LogP) is 3.35. The molecule has 2 rings (SSSR count). The lowest BCUT2D eigenvalue weighted by Gasteiger charge is -2.13. The number of nitrogens with zero attached hydrogens (tertiary/aromatic N) is 2. The quantitative estimate of drug-likeness (QED) is 0.619. The largest absolute Gasteiger partial charge is 0.493 e. The fourth-order valence-electron chi connectivity index (χ4n) is 2.23. The second kappa shape index (κ2) is 8.54. The van der Waals surface area contributed by atoms with E-state index in [1.165, 1.54) is 4.88 Å². The molecule has 0 bridgehead atoms. The summed E-state index contributed by atoms with van der Waals surface area (Å²) in [6.45, 7) is 7.44. The van der Waals surface area contributed by atoms with Crippen molar-refractivity contribution in [1.82, 2.24) is 10.3 Å². The maximum absolute atomic E-state index is 5.33. The summed E-state index contributed by atoms with van der Waals surface area (Å²) < 4.78 is 10.6. The number of ether oxygens (including phenoxy) is 2. The highest BCUT2D eigenvalue weighted by Gasteiger charge is 2.08. The summed E-state index contributed by atoms with van der Waals surface area (Å²) in [5, 5.41) is 7.60. The van der Waals surface area contributed by atoms with Gasteiger partial charge in [-0.15, -0.1) is 11.3 Å². The van der Waals surface area contributed by atoms with Crippen LogP contribution in [0.1, 0.15) is 22.5 Å². The number of nitrogens with one attached hydrogen (secondary N) is 2. The third kappa shape index (κ3) is 4.61. The first kappa shape index (κ1) is 18.1. The zero-order valence-electron chi connectivity index (χ0n) is 14.8. The molecular weight excluding hydrogens is 324 g/mol. The normalized spacial score (nSPS) is 11.3. The highest BCUT2D eigenvalue weighted by molar-refractivity contribution is 7.11. The van der Waals surface area contributed by atoms with Gasteiger partial charge in [0.15, 0.2) is 17.5 Å². The van der Waals surface area contributed by atoms with Crippen LogP contribution in [0.5, 0.6) is 11.5 Å². The van der Waals surface area contributed by atoms with E-state index in [2.05, 4.69) is 20.6 Å². The van der Waals surface area contributed by atoms with Crippen LogP contribution in [0.4, 0.5) is 5.69 Å². The number of guanidine groups is 1. The van der Waals surface area contributed by atoms with Crippen molar-refractivity contribution >= 4 is 23.0 Å². The summed E-state index contributed by atoms with van der Waals surface area (Å²) in [6.07, 6.45) is 0. The second-order valence-corrected chi connectivity index (χ2v) is 6.42. The van der Waals surface area contributed by atoms with Crippen LogP contribution >= 0.6 is 11.3 Å². The van der Waals surface area contributed by atoms with E-state index in [9.17, 15) is 0 Å². The van der Waals surface area contributed by atoms with E-state index >= 15 is 0 Å². The van der Waals surface area contributed by atoms with Crippen LogP contribution in [0.3, 0.4) is 0 Å². The lowest BCUT2D eigenvalue weighted by atomic mass is 10.3. The first-order chi connectivity index (χ1) is 11.6. The van der Waals surface area contributed by atoms with E-state index in [1.54, 1.807) is 25.6 Å². The summed E-state index contributed by atoms with van der Waals surface area (Å²) in [4.78, 5) is 10.3. The molecule has 1 aromatic heterocycles. The van der Waals surface area contributed by atoms with Crippen LogP contribution in [0, 0.1) is 13.8 Å². The summed E-state index contributed by atoms with van der Waals surface area (Å²) in [6, 6.07) is 5.67. The highest BCUT2D eigenvalue weighted by Crippen LogP contribution is 2.29. The maximum atomic E-state index is 5.33. The van der Waals surface area contributed by atoms with E-state index in [4.69, 9.17) is 9.47 Å². The molecule has 2 N–H and O–H groups in total. The van der Waals surface area contributed by atoms with Crippen molar-refractivity contribution in [2.75, 3.05) is 26.1 Å². The molecular formula is C17H24N4O2S. The number of anilines is 1. The number of rotatable bonds is 6. The number of aryl methyl sites for hydroxylation is 2. The average Bonchev–Trinajstić information content (AvgIpc) is 2.90. The number of thiazole rings is 1. The van der Waals surface area contributed by atoms with E-state index in [1.807, 2.05) is 39.0 Å². The van der Waals surface area contributed by atoms with E-state index in [0.29, 0.717) is 18.0 Å². The zero-order chi connectivity index (χ0) is 17.5. The minimum absolute atomic E-state index is 0.597. The molecule has 2 aromatic rings. The van der Waals surface area contributed by atoms with Crippen molar-refractivity contribution in [3.63, 3.8) is 0 Å². The van der Waals surface area contributed by atoms with Gasteiger partial charge in [-0.1, -0.05) is 0 Å². The fourth-order valence-corrected chi connectivity index (χ4v) is 3.09. The maximum Gasteiger partial charge on any atom is 0.196 e. The molecule has 0 unspecified atom stereocenters. The third-order valence-electron chi connectivity index (χ3n) is 3.37. The van der Waals surface area contributed by atoms with E-state index in [0.717, 1.165) is 28.9 Å². The van der Waals surface area contributed by atoms with Crippen LogP contribution in [-0.2, 0) is 6.54 Å². The molecule has 130 valence electrons. The van der Waals surface area contributed by atoms with Crippen LogP contribution in [0.25, 0.3) is 0 Å². The Bertz CT molecular complexity index is 713. The Balaban J connectivity index is 2.15. The summed E-state index contributed by atoms with van der Waals surface area (Å²) >= 11 is 1.68. The predicted molar refractivity (Wildman–Crippen MR) is 99.6 cm³/mol. The molecule has 0 saturated carbocycles. The summed E-state index contributed by atoms with van der Waals surface area (Å²) in [5.74, 6) is 2.09. The van der Waals surface area contributed by atoms with Crippen LogP contribution in [0.15, 0.2) is 23.2 Å². The Morgan fingerprint density at radius 3 is 2.54 bits per heavy atom. The molecule has 0 aliphatic carbocycles. The SMILES string of the molecule is CCNC(=NCc1sc(C)nc1C)Nc1ccc(OC)c(OC)c1. The van der Waals surface area contributed by atoms with Crippen molar-refractivity contribution in [3.8, 4) is 11.5 Å². The lowest BCUT2D eigenvalue weighted by Crippen LogP contribution is -2.30. The fraction of sp³-hybridized carbons (Fsp3) is 0.412. The van der Waals surface area contributed by atoms with Crippen molar-refractivity contribution in [2.24, 2.45) is 4.99 Å². The number of aromatic nitrogens is 1. The Labute approximate surface area is 146 Å². The van der Waals surface area contributed by atoms with Gasteiger partial charge in [0.1, 0.15) is 0 Å². The number of hydrogen-bond donors (Lipinski definition) is 2. The smallest absolute Gasteiger partial charge is 0.196 e. The van der Waals surface area contributed by atoms with Crippen molar-refractivity contribution in [2.45, 2.75) is 27.3 Å². The molecule has 0 spiro atoms. The minimum atomic E-state index is 0.597. The van der Waals surface area contributed by atoms with Gasteiger partial charge in [0.25, 0.3) is 0 Å². The van der Waals surface area contributed by atoms with Crippen molar-refractivity contribution < 1.29 is 9.47 Å². The van der Waals surface area contributed by atoms with Gasteiger partial charge in [0.05, 0.1) is 31.5 Å². The highest BCUT2D eigenvalue weighted by atomic mass is 32.1. The Hall–Kier alpha value is -2.28. The Morgan fingerprint density at radius 2 is 1.96 bits per heavy atom. The molecule has 0 aliphatic rings. The van der Waals surface area contributed by atoms with Crippen LogP contribution < -0.4 is 20.1 Å².